The minimum atomic E-state index is -3.16. The molecule has 1 aliphatic carbocycles. The highest BCUT2D eigenvalue weighted by Crippen LogP contribution is 2.26. The summed E-state index contributed by atoms with van der Waals surface area (Å²) in [6.07, 6.45) is 6.40. The van der Waals surface area contributed by atoms with Crippen molar-refractivity contribution in [2.75, 3.05) is 38.5 Å². The Morgan fingerprint density at radius 3 is 2.42 bits per heavy atom. The molecule has 0 radical (unpaired) electrons. The monoisotopic (exact) mass is 390 g/mol. The van der Waals surface area contributed by atoms with Gasteiger partial charge in [0.2, 0.25) is 10.0 Å². The number of carboxylic acids is 1. The van der Waals surface area contributed by atoms with E-state index in [1.54, 1.807) is 6.92 Å². The molecule has 0 unspecified atom stereocenters. The molecule has 2 aliphatic rings. The topological polar surface area (TPSA) is 87.2 Å². The third-order valence-corrected chi connectivity index (χ3v) is 7.66. The number of hydrogen-bond donors (Lipinski definition) is 1. The molecule has 1 saturated carbocycles. The van der Waals surface area contributed by atoms with Gasteiger partial charge in [-0.2, -0.15) is 0 Å². The smallest absolute Gasteiger partial charge is 0.317 e. The van der Waals surface area contributed by atoms with E-state index in [-0.39, 0.29) is 24.4 Å². The Morgan fingerprint density at radius 2 is 1.85 bits per heavy atom. The summed E-state index contributed by atoms with van der Waals surface area (Å²) >= 11 is 0. The van der Waals surface area contributed by atoms with E-state index in [9.17, 15) is 18.3 Å². The van der Waals surface area contributed by atoms with Crippen LogP contribution in [-0.4, -0.2) is 79.4 Å². The second-order valence-corrected chi connectivity index (χ2v) is 9.82. The summed E-state index contributed by atoms with van der Waals surface area (Å²) in [6, 6.07) is 0.0989. The van der Waals surface area contributed by atoms with Gasteiger partial charge < -0.3 is 9.84 Å². The van der Waals surface area contributed by atoms with Crippen LogP contribution >= 0.6 is 0 Å². The molecule has 2 rings (SSSR count). The molecule has 1 aliphatic heterocycles. The summed E-state index contributed by atoms with van der Waals surface area (Å²) in [5.74, 6) is -0.164. The largest absolute Gasteiger partial charge is 0.480 e. The summed E-state index contributed by atoms with van der Waals surface area (Å²) in [5, 5.41) is 9.24. The number of piperidine rings is 1. The maximum Gasteiger partial charge on any atom is 0.317 e. The number of rotatable bonds is 9. The zero-order valence-corrected chi connectivity index (χ0v) is 16.9. The van der Waals surface area contributed by atoms with E-state index in [1.807, 2.05) is 4.90 Å². The van der Waals surface area contributed by atoms with E-state index >= 15 is 0 Å². The highest BCUT2D eigenvalue weighted by Gasteiger charge is 2.30. The van der Waals surface area contributed by atoms with Gasteiger partial charge in [0.05, 0.1) is 25.0 Å². The standard InChI is InChI=1S/C18H34N2O5S/c1-3-26(23,24)20-10-8-16(9-11-20)19(14-18(21)22)12-13-25-17-7-5-4-6-15(17)2/h15-17H,3-14H2,1-2H3,(H,21,22)/t15-,17+/m1/s1. The summed E-state index contributed by atoms with van der Waals surface area (Å²) < 4.78 is 31.5. The Bertz CT molecular complexity index is 546. The maximum absolute atomic E-state index is 12.0. The predicted molar refractivity (Wildman–Crippen MR) is 101 cm³/mol. The second-order valence-electron chi connectivity index (χ2n) is 7.57. The van der Waals surface area contributed by atoms with Gasteiger partial charge in [0, 0.05) is 25.7 Å². The quantitative estimate of drug-likeness (QED) is 0.646. The number of nitrogens with zero attached hydrogens (tertiary/aromatic N) is 2. The Kier molecular flexibility index (Phi) is 8.32. The van der Waals surface area contributed by atoms with Gasteiger partial charge in [0.25, 0.3) is 0 Å². The van der Waals surface area contributed by atoms with Crippen molar-refractivity contribution < 1.29 is 23.1 Å². The summed E-state index contributed by atoms with van der Waals surface area (Å²) in [5.41, 5.74) is 0. The van der Waals surface area contributed by atoms with Gasteiger partial charge in [0.15, 0.2) is 0 Å². The molecule has 8 heteroatoms. The number of ether oxygens (including phenoxy) is 1. The average Bonchev–Trinajstić information content (AvgIpc) is 2.62. The van der Waals surface area contributed by atoms with Gasteiger partial charge in [-0.25, -0.2) is 12.7 Å². The molecule has 1 N–H and O–H groups in total. The SMILES string of the molecule is CCS(=O)(=O)N1CCC(N(CCO[C@H]2CCCC[C@H]2C)CC(=O)O)CC1. The molecule has 0 aromatic rings. The van der Waals surface area contributed by atoms with Crippen LogP contribution in [0.1, 0.15) is 52.4 Å². The van der Waals surface area contributed by atoms with Gasteiger partial charge in [-0.05, 0) is 38.5 Å². The number of carbonyl (C=O) groups is 1. The van der Waals surface area contributed by atoms with Gasteiger partial charge in [-0.3, -0.25) is 9.69 Å². The number of carboxylic acid groups (broad SMARTS) is 1. The molecule has 0 amide bonds. The minimum Gasteiger partial charge on any atom is -0.480 e. The van der Waals surface area contributed by atoms with Crippen LogP contribution in [-0.2, 0) is 19.6 Å². The van der Waals surface area contributed by atoms with Crippen LogP contribution in [0.3, 0.4) is 0 Å². The van der Waals surface area contributed by atoms with Crippen molar-refractivity contribution in [1.29, 1.82) is 0 Å². The first-order chi connectivity index (χ1) is 12.3. The summed E-state index contributed by atoms with van der Waals surface area (Å²) in [4.78, 5) is 13.2. The Hall–Kier alpha value is -0.700. The highest BCUT2D eigenvalue weighted by molar-refractivity contribution is 7.89. The first-order valence-electron chi connectivity index (χ1n) is 9.88. The first-order valence-corrected chi connectivity index (χ1v) is 11.5. The maximum atomic E-state index is 12.0. The molecular formula is C18H34N2O5S. The van der Waals surface area contributed by atoms with Crippen molar-refractivity contribution in [1.82, 2.24) is 9.21 Å². The lowest BCUT2D eigenvalue weighted by Gasteiger charge is -2.37. The lowest BCUT2D eigenvalue weighted by Crippen LogP contribution is -2.49. The molecule has 152 valence electrons. The van der Waals surface area contributed by atoms with Crippen LogP contribution < -0.4 is 0 Å². The zero-order valence-electron chi connectivity index (χ0n) is 16.1. The Labute approximate surface area is 157 Å². The molecule has 0 aromatic heterocycles. The summed E-state index contributed by atoms with van der Waals surface area (Å²) in [6.45, 7) is 5.92. The summed E-state index contributed by atoms with van der Waals surface area (Å²) in [7, 11) is -3.16. The van der Waals surface area contributed by atoms with Crippen molar-refractivity contribution >= 4 is 16.0 Å². The Balaban J connectivity index is 1.84. The van der Waals surface area contributed by atoms with E-state index in [0.29, 0.717) is 45.0 Å². The van der Waals surface area contributed by atoms with Gasteiger partial charge in [0.1, 0.15) is 0 Å². The molecular weight excluding hydrogens is 356 g/mol. The minimum absolute atomic E-state index is 0.0191. The van der Waals surface area contributed by atoms with Gasteiger partial charge in [-0.15, -0.1) is 0 Å². The normalized spacial score (nSPS) is 26.3. The molecule has 2 atom stereocenters. The lowest BCUT2D eigenvalue weighted by molar-refractivity contribution is -0.139. The zero-order chi connectivity index (χ0) is 19.2. The van der Waals surface area contributed by atoms with Crippen LogP contribution in [0.25, 0.3) is 0 Å². The molecule has 0 aromatic carbocycles. The van der Waals surface area contributed by atoms with E-state index in [1.165, 1.54) is 23.6 Å². The molecule has 1 saturated heterocycles. The van der Waals surface area contributed by atoms with Crippen molar-refractivity contribution in [3.63, 3.8) is 0 Å². The lowest BCUT2D eigenvalue weighted by atomic mass is 9.88. The fourth-order valence-corrected chi connectivity index (χ4v) is 5.22. The van der Waals surface area contributed by atoms with E-state index in [0.717, 1.165) is 6.42 Å². The van der Waals surface area contributed by atoms with Crippen LogP contribution in [0.4, 0.5) is 0 Å². The van der Waals surface area contributed by atoms with Crippen molar-refractivity contribution in [2.45, 2.75) is 64.5 Å². The van der Waals surface area contributed by atoms with Crippen molar-refractivity contribution in [3.8, 4) is 0 Å². The van der Waals surface area contributed by atoms with Crippen LogP contribution in [0.2, 0.25) is 0 Å². The molecule has 2 fully saturated rings. The third-order valence-electron chi connectivity index (χ3n) is 5.78. The van der Waals surface area contributed by atoms with Crippen LogP contribution in [0.5, 0.6) is 0 Å². The highest BCUT2D eigenvalue weighted by atomic mass is 32.2. The van der Waals surface area contributed by atoms with Gasteiger partial charge in [-0.1, -0.05) is 19.8 Å². The van der Waals surface area contributed by atoms with Crippen LogP contribution in [0, 0.1) is 5.92 Å². The van der Waals surface area contributed by atoms with Crippen molar-refractivity contribution in [2.24, 2.45) is 5.92 Å². The third kappa shape index (κ3) is 6.18. The van der Waals surface area contributed by atoms with Gasteiger partial charge >= 0.3 is 5.97 Å². The first kappa shape index (κ1) is 21.6. The van der Waals surface area contributed by atoms with E-state index in [2.05, 4.69) is 6.92 Å². The molecule has 0 spiro atoms. The Morgan fingerprint density at radius 1 is 1.19 bits per heavy atom. The van der Waals surface area contributed by atoms with E-state index < -0.39 is 16.0 Å². The van der Waals surface area contributed by atoms with Crippen LogP contribution in [0.15, 0.2) is 0 Å². The number of aliphatic carboxylic acids is 1. The van der Waals surface area contributed by atoms with Crippen molar-refractivity contribution in [3.05, 3.63) is 0 Å². The predicted octanol–water partition coefficient (Wildman–Crippen LogP) is 1.78. The fourth-order valence-electron chi connectivity index (χ4n) is 4.08. The molecule has 26 heavy (non-hydrogen) atoms. The molecule has 0 bridgehead atoms. The molecule has 1 heterocycles. The number of sulfonamides is 1. The number of hydrogen-bond acceptors (Lipinski definition) is 5. The average molecular weight is 391 g/mol. The fraction of sp³-hybridized carbons (Fsp3) is 0.944. The molecule has 7 nitrogen and oxygen atoms in total. The second kappa shape index (κ2) is 10.0. The van der Waals surface area contributed by atoms with E-state index in [4.69, 9.17) is 4.74 Å².